The van der Waals surface area contributed by atoms with Gasteiger partial charge in [-0.25, -0.2) is 4.98 Å². The lowest BCUT2D eigenvalue weighted by Crippen LogP contribution is -2.34. The third-order valence-corrected chi connectivity index (χ3v) is 7.66. The van der Waals surface area contributed by atoms with Crippen molar-refractivity contribution < 1.29 is 23.8 Å². The fourth-order valence-electron chi connectivity index (χ4n) is 4.11. The second kappa shape index (κ2) is 15.9. The summed E-state index contributed by atoms with van der Waals surface area (Å²) in [6.45, 7) is 3.56. The van der Waals surface area contributed by atoms with Gasteiger partial charge in [0.1, 0.15) is 0 Å². The van der Waals surface area contributed by atoms with Gasteiger partial charge in [0, 0.05) is 39.8 Å². The van der Waals surface area contributed by atoms with Crippen molar-refractivity contribution in [1.82, 2.24) is 20.2 Å². The van der Waals surface area contributed by atoms with Crippen LogP contribution in [0.1, 0.15) is 31.7 Å². The molecule has 0 fully saturated rings. The van der Waals surface area contributed by atoms with Crippen molar-refractivity contribution in [2.24, 2.45) is 0 Å². The van der Waals surface area contributed by atoms with Crippen LogP contribution < -0.4 is 25.7 Å². The molecule has 1 unspecified atom stereocenters. The van der Waals surface area contributed by atoms with Crippen LogP contribution in [0.2, 0.25) is 0 Å². The molecule has 10 nitrogen and oxygen atoms in total. The maximum Gasteiger partial charge on any atom is 0.262 e. The average molecular weight is 571 g/mol. The Bertz CT molecular complexity index is 1350. The summed E-state index contributed by atoms with van der Waals surface area (Å²) < 4.78 is 17.2. The summed E-state index contributed by atoms with van der Waals surface area (Å²) in [7, 11) is 4.78. The molecule has 216 valence electrons. The molecule has 2 amide bonds. The molecule has 0 radical (unpaired) electrons. The smallest absolute Gasteiger partial charge is 0.262 e. The lowest BCUT2D eigenvalue weighted by Gasteiger charge is -2.18. The van der Waals surface area contributed by atoms with Gasteiger partial charge in [0.25, 0.3) is 5.56 Å². The molecule has 11 heteroatoms. The molecule has 0 saturated carbocycles. The van der Waals surface area contributed by atoms with Gasteiger partial charge in [0.05, 0.1) is 30.4 Å². The lowest BCUT2D eigenvalue weighted by molar-refractivity contribution is -0.121. The molecule has 0 aliphatic heterocycles. The maximum atomic E-state index is 13.4. The lowest BCUT2D eigenvalue weighted by atomic mass is 10.1. The normalized spacial score (nSPS) is 11.7. The van der Waals surface area contributed by atoms with Gasteiger partial charge in [-0.05, 0) is 49.1 Å². The largest absolute Gasteiger partial charge is 0.493 e. The summed E-state index contributed by atoms with van der Waals surface area (Å²) in [5, 5.41) is 6.30. The van der Waals surface area contributed by atoms with E-state index >= 15 is 0 Å². The van der Waals surface area contributed by atoms with Crippen LogP contribution in [0, 0.1) is 0 Å². The van der Waals surface area contributed by atoms with Crippen molar-refractivity contribution in [3.05, 3.63) is 58.4 Å². The molecule has 1 heterocycles. The van der Waals surface area contributed by atoms with Crippen LogP contribution in [0.5, 0.6) is 11.5 Å². The Hall–Kier alpha value is -3.57. The van der Waals surface area contributed by atoms with Crippen molar-refractivity contribution in [2.75, 3.05) is 41.0 Å². The first-order chi connectivity index (χ1) is 19.4. The van der Waals surface area contributed by atoms with Crippen molar-refractivity contribution in [1.29, 1.82) is 0 Å². The second-order valence-corrected chi connectivity index (χ2v) is 10.2. The number of rotatable bonds is 16. The Morgan fingerprint density at radius 3 is 2.52 bits per heavy atom. The van der Waals surface area contributed by atoms with Gasteiger partial charge in [0.2, 0.25) is 11.8 Å². The number of nitrogens with one attached hydrogen (secondary N) is 2. The van der Waals surface area contributed by atoms with Gasteiger partial charge in [-0.2, -0.15) is 0 Å². The fraction of sp³-hybridized carbons (Fsp3) is 0.448. The van der Waals surface area contributed by atoms with Crippen LogP contribution in [-0.2, 0) is 27.3 Å². The van der Waals surface area contributed by atoms with E-state index in [1.165, 1.54) is 16.3 Å². The van der Waals surface area contributed by atoms with Crippen LogP contribution in [-0.4, -0.2) is 67.6 Å². The van der Waals surface area contributed by atoms with Gasteiger partial charge in [-0.15, -0.1) is 0 Å². The zero-order chi connectivity index (χ0) is 28.9. The Kier molecular flexibility index (Phi) is 12.3. The minimum Gasteiger partial charge on any atom is -0.493 e. The van der Waals surface area contributed by atoms with Gasteiger partial charge in [-0.3, -0.25) is 19.0 Å². The van der Waals surface area contributed by atoms with E-state index in [0.717, 1.165) is 5.56 Å². The first-order valence-corrected chi connectivity index (χ1v) is 14.2. The Morgan fingerprint density at radius 1 is 1.02 bits per heavy atom. The number of methoxy groups -OCH3 is 3. The van der Waals surface area contributed by atoms with Crippen molar-refractivity contribution in [3.8, 4) is 11.5 Å². The number of para-hydroxylation sites is 1. The van der Waals surface area contributed by atoms with E-state index in [1.54, 1.807) is 39.5 Å². The highest BCUT2D eigenvalue weighted by molar-refractivity contribution is 8.00. The summed E-state index contributed by atoms with van der Waals surface area (Å²) in [6, 6.07) is 12.7. The molecule has 40 heavy (non-hydrogen) atoms. The third-order valence-electron chi connectivity index (χ3n) is 6.31. The molecule has 0 bridgehead atoms. The summed E-state index contributed by atoms with van der Waals surface area (Å²) in [6.07, 6.45) is 1.98. The van der Waals surface area contributed by atoms with E-state index in [0.29, 0.717) is 66.5 Å². The summed E-state index contributed by atoms with van der Waals surface area (Å²) >= 11 is 1.24. The standard InChI is InChI=1S/C29H38N4O6S/c1-5-25(27(35)31-15-8-18-37-2)40-29-32-22-10-7-6-9-21(22)28(36)33(29)17-14-26(34)30-16-13-20-11-12-23(38-3)24(19-20)39-4/h6-7,9-12,19,25H,5,8,13-18H2,1-4H3,(H,30,34)(H,31,35). The molecule has 0 aliphatic carbocycles. The zero-order valence-corrected chi connectivity index (χ0v) is 24.3. The number of nitrogens with zero attached hydrogens (tertiary/aromatic N) is 2. The minimum absolute atomic E-state index is 0.0967. The second-order valence-electron chi connectivity index (χ2n) is 9.06. The molecule has 0 spiro atoms. The molecule has 2 N–H and O–H groups in total. The first-order valence-electron chi connectivity index (χ1n) is 13.3. The first kappa shape index (κ1) is 31.0. The maximum absolute atomic E-state index is 13.4. The highest BCUT2D eigenvalue weighted by atomic mass is 32.2. The summed E-state index contributed by atoms with van der Waals surface area (Å²) in [5.41, 5.74) is 1.32. The van der Waals surface area contributed by atoms with E-state index in [9.17, 15) is 14.4 Å². The molecule has 2 aromatic carbocycles. The number of hydrogen-bond acceptors (Lipinski definition) is 8. The molecule has 3 aromatic rings. The molecule has 1 atom stereocenters. The Labute approximate surface area is 238 Å². The van der Waals surface area contributed by atoms with E-state index < -0.39 is 5.25 Å². The molecule has 3 rings (SSSR count). The van der Waals surface area contributed by atoms with Crippen LogP contribution >= 0.6 is 11.8 Å². The third kappa shape index (κ3) is 8.46. The number of fused-ring (bicyclic) bond motifs is 1. The highest BCUT2D eigenvalue weighted by Crippen LogP contribution is 2.28. The molecular formula is C29H38N4O6S. The highest BCUT2D eigenvalue weighted by Gasteiger charge is 2.22. The SMILES string of the molecule is CCC(Sc1nc2ccccc2c(=O)n1CCC(=O)NCCc1ccc(OC)c(OC)c1)C(=O)NCCCOC. The fourth-order valence-corrected chi connectivity index (χ4v) is 5.17. The summed E-state index contributed by atoms with van der Waals surface area (Å²) in [5.74, 6) is 0.978. The van der Waals surface area contributed by atoms with Crippen molar-refractivity contribution in [2.45, 2.75) is 49.6 Å². The Balaban J connectivity index is 1.68. The van der Waals surface area contributed by atoms with Crippen molar-refractivity contribution in [3.63, 3.8) is 0 Å². The molecule has 0 aliphatic rings. The van der Waals surface area contributed by atoms with Crippen LogP contribution in [0.15, 0.2) is 52.4 Å². The number of carbonyl (C=O) groups is 2. The molecule has 1 aromatic heterocycles. The van der Waals surface area contributed by atoms with E-state index in [4.69, 9.17) is 19.2 Å². The van der Waals surface area contributed by atoms with Crippen molar-refractivity contribution >= 4 is 34.5 Å². The molecular weight excluding hydrogens is 532 g/mol. The minimum atomic E-state index is -0.433. The Morgan fingerprint density at radius 2 is 1.80 bits per heavy atom. The van der Waals surface area contributed by atoms with Gasteiger partial charge < -0.3 is 24.8 Å². The van der Waals surface area contributed by atoms with Crippen LogP contribution in [0.3, 0.4) is 0 Å². The average Bonchev–Trinajstić information content (AvgIpc) is 2.97. The number of hydrogen-bond donors (Lipinski definition) is 2. The van der Waals surface area contributed by atoms with Gasteiger partial charge in [-0.1, -0.05) is 36.9 Å². The van der Waals surface area contributed by atoms with Crippen LogP contribution in [0.4, 0.5) is 0 Å². The predicted octanol–water partition coefficient (Wildman–Crippen LogP) is 3.19. The van der Waals surface area contributed by atoms with Crippen LogP contribution in [0.25, 0.3) is 10.9 Å². The van der Waals surface area contributed by atoms with E-state index in [1.807, 2.05) is 31.2 Å². The monoisotopic (exact) mass is 570 g/mol. The zero-order valence-electron chi connectivity index (χ0n) is 23.5. The quantitative estimate of drug-likeness (QED) is 0.153. The summed E-state index contributed by atoms with van der Waals surface area (Å²) in [4.78, 5) is 43.6. The van der Waals surface area contributed by atoms with Gasteiger partial charge in [0.15, 0.2) is 16.7 Å². The van der Waals surface area contributed by atoms with E-state index in [-0.39, 0.29) is 30.3 Å². The van der Waals surface area contributed by atoms with Gasteiger partial charge >= 0.3 is 0 Å². The number of ether oxygens (including phenoxy) is 3. The number of amides is 2. The topological polar surface area (TPSA) is 121 Å². The number of benzene rings is 2. The van der Waals surface area contributed by atoms with E-state index in [2.05, 4.69) is 10.6 Å². The number of thioether (sulfide) groups is 1. The predicted molar refractivity (Wildman–Crippen MR) is 156 cm³/mol. The number of aromatic nitrogens is 2. The molecule has 0 saturated heterocycles. The number of carbonyl (C=O) groups excluding carboxylic acids is 2.